The zero-order valence-corrected chi connectivity index (χ0v) is 16.2. The van der Waals surface area contributed by atoms with E-state index in [9.17, 15) is 5.11 Å². The molecule has 0 unspecified atom stereocenters. The number of hydrogen-bond donors (Lipinski definition) is 1. The van der Waals surface area contributed by atoms with Crippen LogP contribution in [0.1, 0.15) is 44.1 Å². The zero-order valence-electron chi connectivity index (χ0n) is 15.4. The van der Waals surface area contributed by atoms with E-state index in [2.05, 4.69) is 29.7 Å². The fraction of sp³-hybridized carbons (Fsp3) is 0.429. The summed E-state index contributed by atoms with van der Waals surface area (Å²) in [7, 11) is 0. The Hall–Kier alpha value is -2.34. The standard InChI is InChI=1S/C21H23N3OS/c1-15-9-12-24(13-10-15)20-23-19(17-6-4-16(14-22)5-7-17)18(26-20)8-11-21(2,3)25/h4-7,15,25H,9-10,12-13H2,1-3H3. The van der Waals surface area contributed by atoms with Crippen molar-refractivity contribution in [3.05, 3.63) is 34.7 Å². The number of aliphatic hydroxyl groups is 1. The maximum absolute atomic E-state index is 9.96. The molecule has 1 aliphatic heterocycles. The van der Waals surface area contributed by atoms with Crippen molar-refractivity contribution in [1.82, 2.24) is 4.98 Å². The van der Waals surface area contributed by atoms with Crippen molar-refractivity contribution < 1.29 is 5.11 Å². The van der Waals surface area contributed by atoms with Crippen molar-refractivity contribution in [2.75, 3.05) is 18.0 Å². The van der Waals surface area contributed by atoms with Crippen molar-refractivity contribution in [3.63, 3.8) is 0 Å². The number of nitrogens with zero attached hydrogens (tertiary/aromatic N) is 3. The van der Waals surface area contributed by atoms with E-state index in [1.54, 1.807) is 37.3 Å². The number of benzene rings is 1. The van der Waals surface area contributed by atoms with Crippen molar-refractivity contribution in [1.29, 1.82) is 5.26 Å². The lowest BCUT2D eigenvalue weighted by Gasteiger charge is -2.29. The maximum atomic E-state index is 9.96. The second-order valence-electron chi connectivity index (χ2n) is 7.34. The molecule has 0 aliphatic carbocycles. The molecule has 0 saturated carbocycles. The van der Waals surface area contributed by atoms with E-state index in [1.807, 2.05) is 12.1 Å². The third kappa shape index (κ3) is 4.43. The molecule has 1 aliphatic rings. The topological polar surface area (TPSA) is 60.2 Å². The summed E-state index contributed by atoms with van der Waals surface area (Å²) >= 11 is 1.58. The molecule has 4 nitrogen and oxygen atoms in total. The number of hydrogen-bond acceptors (Lipinski definition) is 5. The van der Waals surface area contributed by atoms with E-state index in [0.717, 1.165) is 40.3 Å². The highest BCUT2D eigenvalue weighted by molar-refractivity contribution is 7.16. The average molecular weight is 366 g/mol. The summed E-state index contributed by atoms with van der Waals surface area (Å²) in [5.41, 5.74) is 1.34. The van der Waals surface area contributed by atoms with Crippen molar-refractivity contribution >= 4 is 16.5 Å². The van der Waals surface area contributed by atoms with Crippen LogP contribution >= 0.6 is 11.3 Å². The van der Waals surface area contributed by atoms with Gasteiger partial charge >= 0.3 is 0 Å². The van der Waals surface area contributed by atoms with Gasteiger partial charge in [0.05, 0.1) is 17.3 Å². The Labute approximate surface area is 159 Å². The van der Waals surface area contributed by atoms with E-state index in [-0.39, 0.29) is 0 Å². The van der Waals surface area contributed by atoms with E-state index in [1.165, 1.54) is 12.8 Å². The predicted molar refractivity (Wildman–Crippen MR) is 106 cm³/mol. The maximum Gasteiger partial charge on any atom is 0.187 e. The minimum absolute atomic E-state index is 0.623. The lowest BCUT2D eigenvalue weighted by atomic mass is 10.00. The quantitative estimate of drug-likeness (QED) is 0.816. The highest BCUT2D eigenvalue weighted by atomic mass is 32.1. The highest BCUT2D eigenvalue weighted by Gasteiger charge is 2.21. The largest absolute Gasteiger partial charge is 0.378 e. The third-order valence-corrected chi connectivity index (χ3v) is 5.47. The van der Waals surface area contributed by atoms with E-state index >= 15 is 0 Å². The van der Waals surface area contributed by atoms with Crippen LogP contribution in [0.3, 0.4) is 0 Å². The Kier molecular flexibility index (Phi) is 5.32. The summed E-state index contributed by atoms with van der Waals surface area (Å²) in [6.07, 6.45) is 2.35. The molecule has 0 amide bonds. The van der Waals surface area contributed by atoms with E-state index < -0.39 is 5.60 Å². The van der Waals surface area contributed by atoms with Gasteiger partial charge in [0.2, 0.25) is 0 Å². The van der Waals surface area contributed by atoms with Gasteiger partial charge in [0.1, 0.15) is 10.5 Å². The predicted octanol–water partition coefficient (Wildman–Crippen LogP) is 4.04. The molecule has 0 spiro atoms. The molecule has 26 heavy (non-hydrogen) atoms. The molecule has 0 radical (unpaired) electrons. The molecule has 2 heterocycles. The monoisotopic (exact) mass is 365 g/mol. The molecule has 1 saturated heterocycles. The Morgan fingerprint density at radius 2 is 1.88 bits per heavy atom. The van der Waals surface area contributed by atoms with Crippen LogP contribution in [0.15, 0.2) is 24.3 Å². The fourth-order valence-electron chi connectivity index (χ4n) is 2.84. The van der Waals surface area contributed by atoms with Crippen LogP contribution in [0.4, 0.5) is 5.13 Å². The Morgan fingerprint density at radius 1 is 1.23 bits per heavy atom. The van der Waals surface area contributed by atoms with Crippen LogP contribution in [-0.2, 0) is 0 Å². The van der Waals surface area contributed by atoms with Crippen molar-refractivity contribution in [2.45, 2.75) is 39.2 Å². The van der Waals surface area contributed by atoms with Gasteiger partial charge in [-0.2, -0.15) is 5.26 Å². The second kappa shape index (κ2) is 7.50. The third-order valence-electron chi connectivity index (χ3n) is 4.44. The van der Waals surface area contributed by atoms with Gasteiger partial charge in [-0.1, -0.05) is 42.2 Å². The SMILES string of the molecule is CC1CCN(c2nc(-c3ccc(C#N)cc3)c(C#CC(C)(C)O)s2)CC1. The molecular formula is C21H23N3OS. The van der Waals surface area contributed by atoms with Gasteiger partial charge in [-0.3, -0.25) is 0 Å². The van der Waals surface area contributed by atoms with Crippen LogP contribution in [0.25, 0.3) is 11.3 Å². The minimum atomic E-state index is -1.05. The molecule has 1 aromatic heterocycles. The fourth-order valence-corrected chi connectivity index (χ4v) is 3.83. The summed E-state index contributed by atoms with van der Waals surface area (Å²) in [6.45, 7) is 7.67. The molecule has 134 valence electrons. The van der Waals surface area contributed by atoms with Crippen LogP contribution in [-0.4, -0.2) is 28.8 Å². The van der Waals surface area contributed by atoms with E-state index in [0.29, 0.717) is 5.56 Å². The summed E-state index contributed by atoms with van der Waals surface area (Å²) in [5, 5.41) is 19.9. The number of aromatic nitrogens is 1. The van der Waals surface area contributed by atoms with Gasteiger partial charge in [0, 0.05) is 18.7 Å². The number of thiazole rings is 1. The summed E-state index contributed by atoms with van der Waals surface area (Å²) in [5.74, 6) is 6.77. The molecule has 0 bridgehead atoms. The molecular weight excluding hydrogens is 342 g/mol. The van der Waals surface area contributed by atoms with Crippen LogP contribution in [0.5, 0.6) is 0 Å². The first-order valence-electron chi connectivity index (χ1n) is 8.87. The van der Waals surface area contributed by atoms with Crippen molar-refractivity contribution in [3.8, 4) is 29.2 Å². The smallest absolute Gasteiger partial charge is 0.187 e. The van der Waals surface area contributed by atoms with Gasteiger partial charge in [-0.15, -0.1) is 0 Å². The Bertz CT molecular complexity index is 867. The second-order valence-corrected chi connectivity index (χ2v) is 8.32. The van der Waals surface area contributed by atoms with Crippen LogP contribution in [0.2, 0.25) is 0 Å². The minimum Gasteiger partial charge on any atom is -0.378 e. The lowest BCUT2D eigenvalue weighted by Crippen LogP contribution is -2.32. The molecule has 0 atom stereocenters. The Morgan fingerprint density at radius 3 is 2.46 bits per heavy atom. The van der Waals surface area contributed by atoms with Gasteiger partial charge in [-0.05, 0) is 44.7 Å². The number of rotatable bonds is 2. The van der Waals surface area contributed by atoms with Crippen molar-refractivity contribution in [2.24, 2.45) is 5.92 Å². The molecule has 3 rings (SSSR count). The first-order chi connectivity index (χ1) is 12.4. The summed E-state index contributed by atoms with van der Waals surface area (Å²) in [6, 6.07) is 9.55. The highest BCUT2D eigenvalue weighted by Crippen LogP contribution is 2.34. The van der Waals surface area contributed by atoms with Gasteiger partial charge in [-0.25, -0.2) is 4.98 Å². The average Bonchev–Trinajstić information content (AvgIpc) is 3.04. The van der Waals surface area contributed by atoms with E-state index in [4.69, 9.17) is 10.2 Å². The molecule has 5 heteroatoms. The van der Waals surface area contributed by atoms with Gasteiger partial charge in [0.25, 0.3) is 0 Å². The summed E-state index contributed by atoms with van der Waals surface area (Å²) < 4.78 is 0. The number of anilines is 1. The summed E-state index contributed by atoms with van der Waals surface area (Å²) in [4.78, 5) is 8.04. The van der Waals surface area contributed by atoms with Crippen LogP contribution < -0.4 is 4.90 Å². The van der Waals surface area contributed by atoms with Gasteiger partial charge < -0.3 is 10.0 Å². The molecule has 2 aromatic rings. The normalized spacial score (nSPS) is 15.3. The first kappa shape index (κ1) is 18.5. The van der Waals surface area contributed by atoms with Crippen LogP contribution in [0, 0.1) is 29.1 Å². The molecule has 1 fully saturated rings. The molecule has 1 N–H and O–H groups in total. The first-order valence-corrected chi connectivity index (χ1v) is 9.69. The Balaban J connectivity index is 1.99. The lowest BCUT2D eigenvalue weighted by molar-refractivity contribution is 0.143. The number of piperidine rings is 1. The number of nitriles is 1. The zero-order chi connectivity index (χ0) is 18.7. The molecule has 1 aromatic carbocycles. The van der Waals surface area contributed by atoms with Gasteiger partial charge in [0.15, 0.2) is 5.13 Å².